The second-order valence-corrected chi connectivity index (χ2v) is 8.78. The molecular formula is C22H29N3O5. The maximum atomic E-state index is 13.0. The first kappa shape index (κ1) is 20.5. The van der Waals surface area contributed by atoms with E-state index in [1.54, 1.807) is 11.0 Å². The fraction of sp³-hybridized carbons (Fsp3) is 0.591. The Kier molecular flexibility index (Phi) is 5.58. The summed E-state index contributed by atoms with van der Waals surface area (Å²) < 4.78 is 11.5. The van der Waals surface area contributed by atoms with Crippen molar-refractivity contribution in [2.75, 3.05) is 19.7 Å². The van der Waals surface area contributed by atoms with E-state index < -0.39 is 17.7 Å². The Balaban J connectivity index is 1.39. The van der Waals surface area contributed by atoms with Crippen molar-refractivity contribution in [2.24, 2.45) is 11.8 Å². The van der Waals surface area contributed by atoms with E-state index >= 15 is 0 Å². The average molecular weight is 415 g/mol. The fourth-order valence-corrected chi connectivity index (χ4v) is 4.63. The van der Waals surface area contributed by atoms with Crippen LogP contribution in [0.1, 0.15) is 39.5 Å². The van der Waals surface area contributed by atoms with Gasteiger partial charge in [-0.1, -0.05) is 26.0 Å². The lowest BCUT2D eigenvalue weighted by Gasteiger charge is -2.41. The summed E-state index contributed by atoms with van der Waals surface area (Å²) in [5, 5.41) is 5.33. The zero-order valence-electron chi connectivity index (χ0n) is 17.5. The summed E-state index contributed by atoms with van der Waals surface area (Å²) in [5.74, 6) is 1.32. The number of imide groups is 1. The molecule has 4 amide bonds. The number of rotatable bonds is 5. The third kappa shape index (κ3) is 3.82. The Morgan fingerprint density at radius 2 is 1.90 bits per heavy atom. The molecule has 2 N–H and O–H groups in total. The van der Waals surface area contributed by atoms with E-state index in [1.165, 1.54) is 0 Å². The number of nitrogens with zero attached hydrogens (tertiary/aromatic N) is 1. The molecule has 0 spiro atoms. The van der Waals surface area contributed by atoms with Crippen LogP contribution < -0.4 is 20.1 Å². The second kappa shape index (κ2) is 8.16. The molecule has 4 rings (SSSR count). The highest BCUT2D eigenvalue weighted by molar-refractivity contribution is 6.07. The number of carbonyl (C=O) groups is 3. The van der Waals surface area contributed by atoms with Crippen LogP contribution in [-0.4, -0.2) is 54.1 Å². The third-order valence-electron chi connectivity index (χ3n) is 6.37. The topological polar surface area (TPSA) is 97.0 Å². The van der Waals surface area contributed by atoms with Crippen LogP contribution >= 0.6 is 0 Å². The molecule has 0 aromatic heterocycles. The Morgan fingerprint density at radius 3 is 2.53 bits per heavy atom. The predicted molar refractivity (Wildman–Crippen MR) is 109 cm³/mol. The van der Waals surface area contributed by atoms with E-state index in [2.05, 4.69) is 24.5 Å². The van der Waals surface area contributed by atoms with E-state index in [0.717, 1.165) is 6.42 Å². The molecule has 8 nitrogen and oxygen atoms in total. The summed E-state index contributed by atoms with van der Waals surface area (Å²) in [6, 6.07) is 6.90. The molecule has 30 heavy (non-hydrogen) atoms. The van der Waals surface area contributed by atoms with Crippen molar-refractivity contribution < 1.29 is 23.9 Å². The van der Waals surface area contributed by atoms with E-state index in [1.807, 2.05) is 18.2 Å². The summed E-state index contributed by atoms with van der Waals surface area (Å²) in [5.41, 5.74) is -0.875. The van der Waals surface area contributed by atoms with Gasteiger partial charge in [-0.3, -0.25) is 14.9 Å². The first-order valence-electron chi connectivity index (χ1n) is 10.7. The van der Waals surface area contributed by atoms with Gasteiger partial charge in [-0.15, -0.1) is 0 Å². The highest BCUT2D eigenvalue weighted by Crippen LogP contribution is 2.36. The van der Waals surface area contributed by atoms with Gasteiger partial charge in [0.15, 0.2) is 11.5 Å². The molecule has 0 bridgehead atoms. The molecular weight excluding hydrogens is 386 g/mol. The van der Waals surface area contributed by atoms with Crippen molar-refractivity contribution >= 4 is 17.8 Å². The molecule has 8 heteroatoms. The SMILES string of the molecule is CC(C)CC[C@]1(C2CCN(C(=O)[C@H]3COc4ccccc4O3)CC2)NC(=O)NC1=O. The van der Waals surface area contributed by atoms with Gasteiger partial charge in [-0.25, -0.2) is 4.79 Å². The summed E-state index contributed by atoms with van der Waals surface area (Å²) in [6.45, 7) is 5.45. The van der Waals surface area contributed by atoms with Gasteiger partial charge in [-0.2, -0.15) is 0 Å². The smallest absolute Gasteiger partial charge is 0.322 e. The van der Waals surface area contributed by atoms with Gasteiger partial charge in [0, 0.05) is 13.1 Å². The number of piperidine rings is 1. The van der Waals surface area contributed by atoms with Gasteiger partial charge in [0.25, 0.3) is 11.8 Å². The van der Waals surface area contributed by atoms with Gasteiger partial charge in [0.1, 0.15) is 12.1 Å². The van der Waals surface area contributed by atoms with Crippen LogP contribution in [0.15, 0.2) is 24.3 Å². The van der Waals surface area contributed by atoms with Gasteiger partial charge >= 0.3 is 6.03 Å². The highest BCUT2D eigenvalue weighted by Gasteiger charge is 2.52. The van der Waals surface area contributed by atoms with Crippen LogP contribution in [0.25, 0.3) is 0 Å². The zero-order valence-corrected chi connectivity index (χ0v) is 17.5. The molecule has 0 saturated carbocycles. The van der Waals surface area contributed by atoms with Crippen LogP contribution in [0, 0.1) is 11.8 Å². The Morgan fingerprint density at radius 1 is 1.20 bits per heavy atom. The molecule has 2 atom stereocenters. The van der Waals surface area contributed by atoms with Gasteiger partial charge in [0.05, 0.1) is 0 Å². The number of amides is 4. The number of carbonyl (C=O) groups excluding carboxylic acids is 3. The predicted octanol–water partition coefficient (Wildman–Crippen LogP) is 2.08. The minimum absolute atomic E-state index is 0.00370. The summed E-state index contributed by atoms with van der Waals surface area (Å²) >= 11 is 0. The van der Waals surface area contributed by atoms with E-state index in [0.29, 0.717) is 49.8 Å². The van der Waals surface area contributed by atoms with Crippen molar-refractivity contribution in [2.45, 2.75) is 51.2 Å². The van der Waals surface area contributed by atoms with Crippen molar-refractivity contribution in [3.8, 4) is 11.5 Å². The Labute approximate surface area is 176 Å². The first-order valence-corrected chi connectivity index (χ1v) is 10.7. The summed E-state index contributed by atoms with van der Waals surface area (Å²) in [4.78, 5) is 39.3. The minimum atomic E-state index is -0.875. The fourth-order valence-electron chi connectivity index (χ4n) is 4.63. The molecule has 0 aliphatic carbocycles. The number of urea groups is 1. The van der Waals surface area contributed by atoms with Crippen LogP contribution in [0.4, 0.5) is 4.79 Å². The lowest BCUT2D eigenvalue weighted by molar-refractivity contribution is -0.143. The number of ether oxygens (including phenoxy) is 2. The van der Waals surface area contributed by atoms with Crippen molar-refractivity contribution in [1.82, 2.24) is 15.5 Å². The Bertz CT molecular complexity index is 834. The van der Waals surface area contributed by atoms with Crippen molar-refractivity contribution in [3.05, 3.63) is 24.3 Å². The van der Waals surface area contributed by atoms with Crippen LogP contribution in [0.2, 0.25) is 0 Å². The molecule has 1 aromatic rings. The zero-order chi connectivity index (χ0) is 21.3. The molecule has 3 heterocycles. The number of fused-ring (bicyclic) bond motifs is 1. The van der Waals surface area contributed by atoms with Crippen molar-refractivity contribution in [1.29, 1.82) is 0 Å². The summed E-state index contributed by atoms with van der Waals surface area (Å²) in [7, 11) is 0. The quantitative estimate of drug-likeness (QED) is 0.718. The second-order valence-electron chi connectivity index (χ2n) is 8.78. The van der Waals surface area contributed by atoms with E-state index in [9.17, 15) is 14.4 Å². The Hall–Kier alpha value is -2.77. The number of benzene rings is 1. The third-order valence-corrected chi connectivity index (χ3v) is 6.37. The molecule has 162 valence electrons. The van der Waals surface area contributed by atoms with Crippen LogP contribution in [0.3, 0.4) is 0 Å². The maximum Gasteiger partial charge on any atom is 0.322 e. The molecule has 0 radical (unpaired) electrons. The highest BCUT2D eigenvalue weighted by atomic mass is 16.6. The lowest BCUT2D eigenvalue weighted by atomic mass is 9.74. The van der Waals surface area contributed by atoms with E-state index in [-0.39, 0.29) is 24.3 Å². The minimum Gasteiger partial charge on any atom is -0.485 e. The van der Waals surface area contributed by atoms with Crippen molar-refractivity contribution in [3.63, 3.8) is 0 Å². The van der Waals surface area contributed by atoms with Gasteiger partial charge in [0.2, 0.25) is 6.10 Å². The maximum absolute atomic E-state index is 13.0. The number of hydrogen-bond acceptors (Lipinski definition) is 5. The molecule has 1 aromatic carbocycles. The number of likely N-dealkylation sites (tertiary alicyclic amines) is 1. The van der Waals surface area contributed by atoms with Gasteiger partial charge in [-0.05, 0) is 49.7 Å². The summed E-state index contributed by atoms with van der Waals surface area (Å²) in [6.07, 6.45) is 2.10. The molecule has 2 saturated heterocycles. The molecule has 3 aliphatic heterocycles. The molecule has 0 unspecified atom stereocenters. The number of nitrogens with one attached hydrogen (secondary N) is 2. The largest absolute Gasteiger partial charge is 0.485 e. The van der Waals surface area contributed by atoms with Crippen LogP contribution in [0.5, 0.6) is 11.5 Å². The van der Waals surface area contributed by atoms with Crippen LogP contribution in [-0.2, 0) is 9.59 Å². The number of para-hydroxylation sites is 2. The monoisotopic (exact) mass is 415 g/mol. The average Bonchev–Trinajstić information content (AvgIpc) is 3.05. The van der Waals surface area contributed by atoms with E-state index in [4.69, 9.17) is 9.47 Å². The lowest BCUT2D eigenvalue weighted by Crippen LogP contribution is -2.57. The van der Waals surface area contributed by atoms with Gasteiger partial charge < -0.3 is 19.7 Å². The normalized spacial score (nSPS) is 26.5. The standard InChI is InChI=1S/C22H29N3O5/c1-14(2)7-10-22(20(27)23-21(28)24-22)15-8-11-25(12-9-15)19(26)18-13-29-16-5-3-4-6-17(16)30-18/h3-6,14-15,18H,7-13H2,1-2H3,(H2,23,24,27,28)/t18-,22-/m1/s1. The molecule has 3 aliphatic rings. The molecule has 2 fully saturated rings. The first-order chi connectivity index (χ1) is 14.4. The number of hydrogen-bond donors (Lipinski definition) is 2.